The van der Waals surface area contributed by atoms with Gasteiger partial charge in [-0.25, -0.2) is 0 Å². The summed E-state index contributed by atoms with van der Waals surface area (Å²) in [5, 5.41) is 0. The molecule has 1 aliphatic carbocycles. The van der Waals surface area contributed by atoms with Crippen LogP contribution >= 0.6 is 0 Å². The van der Waals surface area contributed by atoms with Crippen molar-refractivity contribution in [1.29, 1.82) is 0 Å². The van der Waals surface area contributed by atoms with Crippen molar-refractivity contribution in [1.82, 2.24) is 9.80 Å². The van der Waals surface area contributed by atoms with E-state index < -0.39 is 6.04 Å². The minimum Gasteiger partial charge on any atom is -0.489 e. The smallest absolute Gasteiger partial charge is 0.255 e. The van der Waals surface area contributed by atoms with Crippen LogP contribution in [0.25, 0.3) is 0 Å². The molecule has 3 aliphatic rings. The fraction of sp³-hybridized carbons (Fsp3) is 0.444. The Morgan fingerprint density at radius 3 is 2.65 bits per heavy atom. The summed E-state index contributed by atoms with van der Waals surface area (Å²) in [6, 6.07) is 13.4. The quantitative estimate of drug-likeness (QED) is 0.485. The van der Waals surface area contributed by atoms with Gasteiger partial charge in [-0.15, -0.1) is 0 Å². The molecule has 178 valence electrons. The van der Waals surface area contributed by atoms with Crippen LogP contribution in [0.3, 0.4) is 0 Å². The molecule has 2 aromatic rings. The van der Waals surface area contributed by atoms with E-state index in [9.17, 15) is 14.4 Å². The Morgan fingerprint density at radius 2 is 1.79 bits per heavy atom. The minimum absolute atomic E-state index is 0.0310. The lowest BCUT2D eigenvalue weighted by Gasteiger charge is -2.26. The Kier molecular flexibility index (Phi) is 6.74. The molecular weight excluding hydrogens is 432 g/mol. The van der Waals surface area contributed by atoms with Gasteiger partial charge < -0.3 is 14.4 Å². The maximum absolute atomic E-state index is 13.1. The van der Waals surface area contributed by atoms with Crippen LogP contribution in [0.15, 0.2) is 42.5 Å². The molecule has 1 amide bonds. The molecule has 2 heterocycles. The van der Waals surface area contributed by atoms with Crippen molar-refractivity contribution < 1.29 is 23.9 Å². The summed E-state index contributed by atoms with van der Waals surface area (Å²) in [4.78, 5) is 41.6. The first-order valence-corrected chi connectivity index (χ1v) is 12.1. The van der Waals surface area contributed by atoms with Gasteiger partial charge in [0.2, 0.25) is 0 Å². The van der Waals surface area contributed by atoms with Crippen LogP contribution in [-0.4, -0.2) is 59.6 Å². The highest BCUT2D eigenvalue weighted by Gasteiger charge is 2.38. The van der Waals surface area contributed by atoms with E-state index in [1.54, 1.807) is 11.0 Å². The largest absolute Gasteiger partial charge is 0.489 e. The predicted octanol–water partition coefficient (Wildman–Crippen LogP) is 3.13. The normalized spacial score (nSPS) is 21.5. The highest BCUT2D eigenvalue weighted by atomic mass is 16.5. The molecule has 1 saturated carbocycles. The van der Waals surface area contributed by atoms with Crippen LogP contribution in [0, 0.1) is 0 Å². The van der Waals surface area contributed by atoms with E-state index in [0.717, 1.165) is 44.0 Å². The lowest BCUT2D eigenvalue weighted by molar-refractivity contribution is -0.128. The van der Waals surface area contributed by atoms with Crippen LogP contribution in [0.2, 0.25) is 0 Å². The van der Waals surface area contributed by atoms with E-state index >= 15 is 0 Å². The highest BCUT2D eigenvalue weighted by molar-refractivity contribution is 6.06. The summed E-state index contributed by atoms with van der Waals surface area (Å²) in [5.41, 5.74) is 3.72. The van der Waals surface area contributed by atoms with Crippen molar-refractivity contribution in [3.8, 4) is 5.75 Å². The van der Waals surface area contributed by atoms with Gasteiger partial charge in [-0.2, -0.15) is 0 Å². The molecule has 2 aliphatic heterocycles. The fourth-order valence-corrected chi connectivity index (χ4v) is 5.09. The summed E-state index contributed by atoms with van der Waals surface area (Å²) >= 11 is 0. The number of nitrogens with zero attached hydrogens (tertiary/aromatic N) is 2. The first-order chi connectivity index (χ1) is 16.6. The van der Waals surface area contributed by atoms with Crippen molar-refractivity contribution in [3.05, 3.63) is 64.7 Å². The second-order valence-electron chi connectivity index (χ2n) is 9.30. The van der Waals surface area contributed by atoms with Crippen LogP contribution in [0.1, 0.15) is 52.7 Å². The number of Topliss-reactive ketones (excluding diaryl/α,β-unsaturated/α-hetero) is 2. The number of rotatable bonds is 6. The van der Waals surface area contributed by atoms with Crippen molar-refractivity contribution in [3.63, 3.8) is 0 Å². The lowest BCUT2D eigenvalue weighted by atomic mass is 10.1. The van der Waals surface area contributed by atoms with Gasteiger partial charge in [0.15, 0.2) is 5.78 Å². The number of morpholine rings is 1. The third kappa shape index (κ3) is 4.91. The number of benzene rings is 2. The number of ether oxygens (including phenoxy) is 2. The Hall–Kier alpha value is -3.03. The number of ketones is 2. The highest BCUT2D eigenvalue weighted by Crippen LogP contribution is 2.34. The Balaban J connectivity index is 1.27. The second kappa shape index (κ2) is 10.1. The SMILES string of the molecule is O=C1CCC[C@H](N2Cc3c(OCc4cccc(CN5CCOCC5)c4)cccc3C2=O)C(=O)C1. The van der Waals surface area contributed by atoms with Gasteiger partial charge in [0.1, 0.15) is 18.1 Å². The Bertz CT molecular complexity index is 1090. The number of amides is 1. The van der Waals surface area contributed by atoms with Crippen LogP contribution in [0.4, 0.5) is 0 Å². The molecule has 0 spiro atoms. The minimum atomic E-state index is -0.531. The summed E-state index contributed by atoms with van der Waals surface area (Å²) < 4.78 is 11.6. The molecule has 0 aromatic heterocycles. The molecule has 0 bridgehead atoms. The third-order valence-electron chi connectivity index (χ3n) is 6.90. The summed E-state index contributed by atoms with van der Waals surface area (Å²) in [5.74, 6) is 0.337. The zero-order valence-corrected chi connectivity index (χ0v) is 19.3. The lowest BCUT2D eigenvalue weighted by Crippen LogP contribution is -2.41. The first-order valence-electron chi connectivity index (χ1n) is 12.1. The summed E-state index contributed by atoms with van der Waals surface area (Å²) in [6.07, 6.45) is 1.51. The average molecular weight is 463 g/mol. The average Bonchev–Trinajstić information content (AvgIpc) is 3.08. The van der Waals surface area contributed by atoms with E-state index in [2.05, 4.69) is 17.0 Å². The predicted molar refractivity (Wildman–Crippen MR) is 125 cm³/mol. The standard InChI is InChI=1S/C27H30N2O5/c30-21-6-2-8-24(25(31)15-21)29-17-23-22(27(29)32)7-3-9-26(23)34-18-20-5-1-4-19(14-20)16-28-10-12-33-13-11-28/h1,3-5,7,9,14,24H,2,6,8,10-13,15-18H2/t24-/m0/s1. The van der Waals surface area contributed by atoms with Crippen molar-refractivity contribution in [2.45, 2.75) is 51.4 Å². The number of fused-ring (bicyclic) bond motifs is 1. The van der Waals surface area contributed by atoms with E-state index in [1.165, 1.54) is 5.56 Å². The van der Waals surface area contributed by atoms with Gasteiger partial charge in [0.25, 0.3) is 5.91 Å². The summed E-state index contributed by atoms with van der Waals surface area (Å²) in [6.45, 7) is 5.07. The second-order valence-corrected chi connectivity index (χ2v) is 9.30. The van der Waals surface area contributed by atoms with Crippen molar-refractivity contribution in [2.24, 2.45) is 0 Å². The van der Waals surface area contributed by atoms with Crippen LogP contribution in [0.5, 0.6) is 5.75 Å². The van der Waals surface area contributed by atoms with Gasteiger partial charge in [-0.05, 0) is 36.1 Å². The number of hydrogen-bond acceptors (Lipinski definition) is 6. The van der Waals surface area contributed by atoms with Gasteiger partial charge in [0.05, 0.1) is 32.2 Å². The number of carbonyl (C=O) groups excluding carboxylic acids is 3. The van der Waals surface area contributed by atoms with E-state index in [-0.39, 0.29) is 23.9 Å². The molecular formula is C27H30N2O5. The zero-order valence-electron chi connectivity index (χ0n) is 19.3. The molecule has 2 aromatic carbocycles. The topological polar surface area (TPSA) is 76.2 Å². The zero-order chi connectivity index (χ0) is 23.5. The molecule has 2 fully saturated rings. The van der Waals surface area contributed by atoms with E-state index in [0.29, 0.717) is 43.7 Å². The first kappa shape index (κ1) is 22.7. The van der Waals surface area contributed by atoms with E-state index in [4.69, 9.17) is 9.47 Å². The van der Waals surface area contributed by atoms with Gasteiger partial charge in [-0.1, -0.05) is 30.3 Å². The van der Waals surface area contributed by atoms with Crippen molar-refractivity contribution in [2.75, 3.05) is 26.3 Å². The van der Waals surface area contributed by atoms with Crippen LogP contribution in [-0.2, 0) is 34.0 Å². The Morgan fingerprint density at radius 1 is 1.00 bits per heavy atom. The molecule has 5 rings (SSSR count). The molecule has 1 saturated heterocycles. The molecule has 0 N–H and O–H groups in total. The Labute approximate surface area is 199 Å². The molecule has 34 heavy (non-hydrogen) atoms. The fourth-order valence-electron chi connectivity index (χ4n) is 5.09. The van der Waals surface area contributed by atoms with Gasteiger partial charge in [0, 0.05) is 37.2 Å². The third-order valence-corrected chi connectivity index (χ3v) is 6.90. The maximum Gasteiger partial charge on any atom is 0.255 e. The van der Waals surface area contributed by atoms with Gasteiger partial charge >= 0.3 is 0 Å². The van der Waals surface area contributed by atoms with Crippen molar-refractivity contribution >= 4 is 17.5 Å². The molecule has 7 heteroatoms. The maximum atomic E-state index is 13.1. The molecule has 0 unspecified atom stereocenters. The number of carbonyl (C=O) groups is 3. The van der Waals surface area contributed by atoms with Gasteiger partial charge in [-0.3, -0.25) is 19.3 Å². The molecule has 1 atom stereocenters. The number of hydrogen-bond donors (Lipinski definition) is 0. The van der Waals surface area contributed by atoms with Crippen LogP contribution < -0.4 is 4.74 Å². The summed E-state index contributed by atoms with van der Waals surface area (Å²) in [7, 11) is 0. The molecule has 0 radical (unpaired) electrons. The monoisotopic (exact) mass is 462 g/mol. The van der Waals surface area contributed by atoms with E-state index in [1.807, 2.05) is 24.3 Å². The molecule has 7 nitrogen and oxygen atoms in total.